The molecule has 7 heteroatoms. The van der Waals surface area contributed by atoms with Gasteiger partial charge < -0.3 is 16.2 Å². The van der Waals surface area contributed by atoms with E-state index < -0.39 is 0 Å². The summed E-state index contributed by atoms with van der Waals surface area (Å²) in [4.78, 5) is 18.8. The molecule has 1 aliphatic heterocycles. The summed E-state index contributed by atoms with van der Waals surface area (Å²) < 4.78 is 0. The summed E-state index contributed by atoms with van der Waals surface area (Å²) >= 11 is 1.53. The minimum absolute atomic E-state index is 0.0989. The second kappa shape index (κ2) is 7.85. The van der Waals surface area contributed by atoms with E-state index in [2.05, 4.69) is 15.2 Å². The van der Waals surface area contributed by atoms with Crippen molar-refractivity contribution in [3.63, 3.8) is 0 Å². The number of nitrogens with one attached hydrogen (secondary N) is 1. The summed E-state index contributed by atoms with van der Waals surface area (Å²) in [6.07, 6.45) is 0.419. The van der Waals surface area contributed by atoms with Crippen LogP contribution in [0.25, 0.3) is 0 Å². The topological polar surface area (TPSA) is 91.5 Å². The highest BCUT2D eigenvalue weighted by Gasteiger charge is 2.30. The number of hydrogen-bond acceptors (Lipinski definition) is 6. The van der Waals surface area contributed by atoms with Crippen molar-refractivity contribution in [3.05, 3.63) is 52.0 Å². The Bertz CT molecular complexity index is 676. The van der Waals surface area contributed by atoms with E-state index >= 15 is 0 Å². The fraction of sp³-hybridized carbons (Fsp3) is 0.412. The molecular formula is C17H22N4O2S. The van der Waals surface area contributed by atoms with Crippen molar-refractivity contribution in [3.8, 4) is 0 Å². The van der Waals surface area contributed by atoms with Gasteiger partial charge in [0.25, 0.3) is 5.91 Å². The van der Waals surface area contributed by atoms with Gasteiger partial charge in [0.15, 0.2) is 0 Å². The molecule has 2 atom stereocenters. The van der Waals surface area contributed by atoms with Crippen LogP contribution in [-0.4, -0.2) is 46.1 Å². The van der Waals surface area contributed by atoms with Gasteiger partial charge in [0.2, 0.25) is 0 Å². The van der Waals surface area contributed by atoms with Crippen molar-refractivity contribution >= 4 is 17.2 Å². The summed E-state index contributed by atoms with van der Waals surface area (Å²) in [5, 5.41) is 15.5. The summed E-state index contributed by atoms with van der Waals surface area (Å²) in [5.41, 5.74) is 7.36. The average Bonchev–Trinajstić information content (AvgIpc) is 3.19. The lowest BCUT2D eigenvalue weighted by Gasteiger charge is -2.21. The number of benzene rings is 1. The van der Waals surface area contributed by atoms with Gasteiger partial charge in [-0.15, -0.1) is 11.3 Å². The molecule has 2 heterocycles. The maximum atomic E-state index is 12.0. The third-order valence-electron chi connectivity index (χ3n) is 4.18. The fourth-order valence-corrected chi connectivity index (χ4v) is 3.68. The van der Waals surface area contributed by atoms with Crippen LogP contribution in [0.15, 0.2) is 35.7 Å². The number of aliphatic hydroxyl groups is 1. The molecule has 1 saturated heterocycles. The van der Waals surface area contributed by atoms with Gasteiger partial charge in [0.05, 0.1) is 18.3 Å². The molecule has 1 fully saturated rings. The van der Waals surface area contributed by atoms with Crippen LogP contribution in [0.2, 0.25) is 0 Å². The molecule has 1 aromatic carbocycles. The van der Waals surface area contributed by atoms with Gasteiger partial charge in [0.1, 0.15) is 5.01 Å². The zero-order valence-electron chi connectivity index (χ0n) is 13.4. The van der Waals surface area contributed by atoms with Crippen molar-refractivity contribution in [1.82, 2.24) is 15.2 Å². The molecule has 0 radical (unpaired) electrons. The Hall–Kier alpha value is -1.80. The molecule has 4 N–H and O–H groups in total. The quantitative estimate of drug-likeness (QED) is 0.725. The second-order valence-electron chi connectivity index (χ2n) is 5.99. The Morgan fingerprint density at radius 3 is 2.96 bits per heavy atom. The van der Waals surface area contributed by atoms with Gasteiger partial charge in [-0.25, -0.2) is 4.98 Å². The molecule has 0 bridgehead atoms. The number of carbonyl (C=O) groups is 1. The minimum atomic E-state index is -0.304. The number of thiazole rings is 1. The first-order valence-corrected chi connectivity index (χ1v) is 8.92. The van der Waals surface area contributed by atoms with Gasteiger partial charge in [0, 0.05) is 36.6 Å². The highest BCUT2D eigenvalue weighted by atomic mass is 32.1. The third-order valence-corrected chi connectivity index (χ3v) is 5.08. The molecule has 3 rings (SSSR count). The minimum Gasteiger partial charge on any atom is -0.392 e. The number of likely N-dealkylation sites (tertiary alicyclic amines) is 1. The van der Waals surface area contributed by atoms with Gasteiger partial charge >= 0.3 is 0 Å². The Morgan fingerprint density at radius 2 is 2.21 bits per heavy atom. The number of hydrogen-bond donors (Lipinski definition) is 3. The number of aliphatic hydroxyl groups excluding tert-OH is 1. The number of amides is 1. The van der Waals surface area contributed by atoms with Crippen LogP contribution in [0.1, 0.15) is 27.5 Å². The lowest BCUT2D eigenvalue weighted by molar-refractivity contribution is 0.0951. The van der Waals surface area contributed by atoms with Crippen molar-refractivity contribution < 1.29 is 9.90 Å². The predicted molar refractivity (Wildman–Crippen MR) is 93.6 cm³/mol. The van der Waals surface area contributed by atoms with E-state index in [9.17, 15) is 9.90 Å². The molecule has 24 heavy (non-hydrogen) atoms. The number of rotatable bonds is 6. The Morgan fingerprint density at radius 1 is 1.42 bits per heavy atom. The Balaban J connectivity index is 1.53. The zero-order chi connectivity index (χ0) is 16.9. The highest BCUT2D eigenvalue weighted by Crippen LogP contribution is 2.20. The molecule has 1 aliphatic rings. The van der Waals surface area contributed by atoms with E-state index in [0.717, 1.165) is 17.1 Å². The number of β-amino-alcohol motifs (C(OH)–C–C–N with tert-alkyl or cyclic N) is 1. The van der Waals surface area contributed by atoms with Gasteiger partial charge in [-0.1, -0.05) is 18.2 Å². The smallest absolute Gasteiger partial charge is 0.251 e. The van der Waals surface area contributed by atoms with Crippen LogP contribution in [0.4, 0.5) is 0 Å². The van der Waals surface area contributed by atoms with Crippen LogP contribution in [0, 0.1) is 0 Å². The molecule has 128 valence electrons. The monoisotopic (exact) mass is 346 g/mol. The van der Waals surface area contributed by atoms with Gasteiger partial charge in [-0.3, -0.25) is 9.69 Å². The van der Waals surface area contributed by atoms with E-state index in [1.54, 1.807) is 12.1 Å². The second-order valence-corrected chi connectivity index (χ2v) is 6.93. The SMILES string of the molecule is NC[C@@H]1C[C@@H](O)CN1Cc1csc(CNC(=O)c2ccccc2)n1. The van der Waals surface area contributed by atoms with Gasteiger partial charge in [-0.05, 0) is 18.6 Å². The molecule has 0 saturated carbocycles. The summed E-state index contributed by atoms with van der Waals surface area (Å²) in [7, 11) is 0. The van der Waals surface area contributed by atoms with Crippen molar-refractivity contribution in [2.75, 3.05) is 13.1 Å². The number of nitrogens with zero attached hydrogens (tertiary/aromatic N) is 2. The lowest BCUT2D eigenvalue weighted by atomic mass is 10.2. The first-order valence-electron chi connectivity index (χ1n) is 8.04. The summed E-state index contributed by atoms with van der Waals surface area (Å²) in [5.74, 6) is -0.0989. The van der Waals surface area contributed by atoms with E-state index in [1.165, 1.54) is 11.3 Å². The standard InChI is InChI=1S/C17H22N4O2S/c18-7-14-6-15(22)10-21(14)9-13-11-24-16(20-13)8-19-17(23)12-4-2-1-3-5-12/h1-5,11,14-15,22H,6-10,18H2,(H,19,23)/t14-,15+/m0/s1. The first kappa shape index (κ1) is 17.0. The number of aromatic nitrogens is 1. The molecule has 1 aromatic heterocycles. The van der Waals surface area contributed by atoms with Crippen LogP contribution >= 0.6 is 11.3 Å². The van der Waals surface area contributed by atoms with Crippen LogP contribution in [0.5, 0.6) is 0 Å². The molecule has 0 unspecified atom stereocenters. The summed E-state index contributed by atoms with van der Waals surface area (Å²) in [6, 6.07) is 9.35. The van der Waals surface area contributed by atoms with E-state index in [1.807, 2.05) is 23.6 Å². The normalized spacial score (nSPS) is 21.1. The maximum absolute atomic E-state index is 12.0. The zero-order valence-corrected chi connectivity index (χ0v) is 14.2. The largest absolute Gasteiger partial charge is 0.392 e. The Labute approximate surface area is 145 Å². The third kappa shape index (κ3) is 4.18. The molecule has 0 spiro atoms. The fourth-order valence-electron chi connectivity index (χ4n) is 2.95. The molecule has 2 aromatic rings. The highest BCUT2D eigenvalue weighted by molar-refractivity contribution is 7.09. The van der Waals surface area contributed by atoms with Crippen molar-refractivity contribution in [2.45, 2.75) is 31.7 Å². The lowest BCUT2D eigenvalue weighted by Crippen LogP contribution is -2.35. The first-order chi connectivity index (χ1) is 11.7. The van der Waals surface area contributed by atoms with Gasteiger partial charge in [-0.2, -0.15) is 0 Å². The Kier molecular flexibility index (Phi) is 5.57. The van der Waals surface area contributed by atoms with Crippen LogP contribution in [0.3, 0.4) is 0 Å². The average molecular weight is 346 g/mol. The van der Waals surface area contributed by atoms with Crippen molar-refractivity contribution in [1.29, 1.82) is 0 Å². The van der Waals surface area contributed by atoms with E-state index in [4.69, 9.17) is 5.73 Å². The van der Waals surface area contributed by atoms with Crippen LogP contribution in [-0.2, 0) is 13.1 Å². The van der Waals surface area contributed by atoms with E-state index in [0.29, 0.717) is 31.7 Å². The number of carbonyl (C=O) groups excluding carboxylic acids is 1. The molecular weight excluding hydrogens is 324 g/mol. The molecule has 1 amide bonds. The van der Waals surface area contributed by atoms with Crippen molar-refractivity contribution in [2.24, 2.45) is 5.73 Å². The summed E-state index contributed by atoms with van der Waals surface area (Å²) in [6.45, 7) is 2.28. The molecule has 6 nitrogen and oxygen atoms in total. The van der Waals surface area contributed by atoms with E-state index in [-0.39, 0.29) is 18.1 Å². The van der Waals surface area contributed by atoms with Crippen LogP contribution < -0.4 is 11.1 Å². The number of nitrogens with two attached hydrogens (primary N) is 1. The molecule has 0 aliphatic carbocycles. The maximum Gasteiger partial charge on any atom is 0.251 e. The predicted octanol–water partition coefficient (Wildman–Crippen LogP) is 0.967.